The Morgan fingerprint density at radius 1 is 0.951 bits per heavy atom. The van der Waals surface area contributed by atoms with E-state index in [-0.39, 0.29) is 24.0 Å². The average Bonchev–Trinajstić information content (AvgIpc) is 2.93. The van der Waals surface area contributed by atoms with Gasteiger partial charge in [-0.3, -0.25) is 4.79 Å². The second kappa shape index (κ2) is 19.6. The molecule has 0 aromatic heterocycles. The lowest BCUT2D eigenvalue weighted by Crippen LogP contribution is -2.52. The Morgan fingerprint density at radius 2 is 1.59 bits per heavy atom. The number of rotatable bonds is 21. The normalized spacial score (nSPS) is 13.8. The number of hydrogen-bond acceptors (Lipinski definition) is 6. The molecule has 1 rings (SSSR count). The van der Waals surface area contributed by atoms with Crippen LogP contribution in [0.4, 0.5) is 0 Å². The fourth-order valence-corrected chi connectivity index (χ4v) is 11.0. The van der Waals surface area contributed by atoms with Crippen molar-refractivity contribution in [3.05, 3.63) is 66.8 Å². The molecule has 0 fully saturated rings. The molecule has 1 aromatic carbocycles. The lowest BCUT2D eigenvalue weighted by Gasteiger charge is -2.45. The predicted octanol–water partition coefficient (Wildman–Crippen LogP) is 8.52. The number of allylic oxidation sites excluding steroid dienone is 3. The summed E-state index contributed by atoms with van der Waals surface area (Å²) in [5.41, 5.74) is 2.22. The molecule has 0 unspecified atom stereocenters. The summed E-state index contributed by atoms with van der Waals surface area (Å²) in [4.78, 5) is 24.3. The highest BCUT2D eigenvalue weighted by Gasteiger charge is 2.47. The molecule has 0 aliphatic heterocycles. The van der Waals surface area contributed by atoms with Crippen molar-refractivity contribution in [1.29, 1.82) is 0 Å². The lowest BCUT2D eigenvalue weighted by atomic mass is 10.1. The minimum absolute atomic E-state index is 0.0340. The average molecular weight is 587 g/mol. The zero-order chi connectivity index (χ0) is 30.8. The Kier molecular flexibility index (Phi) is 17.5. The van der Waals surface area contributed by atoms with Crippen molar-refractivity contribution in [3.8, 4) is 5.75 Å². The molecule has 0 radical (unpaired) electrons. The van der Waals surface area contributed by atoms with E-state index in [2.05, 4.69) is 48.1 Å². The van der Waals surface area contributed by atoms with Crippen molar-refractivity contribution < 1.29 is 28.2 Å². The van der Waals surface area contributed by atoms with E-state index >= 15 is 0 Å². The Bertz CT molecular complexity index is 942. The van der Waals surface area contributed by atoms with Crippen LogP contribution >= 0.6 is 0 Å². The van der Waals surface area contributed by atoms with Crippen molar-refractivity contribution in [3.63, 3.8) is 0 Å². The van der Waals surface area contributed by atoms with Crippen molar-refractivity contribution in [1.82, 2.24) is 0 Å². The van der Waals surface area contributed by atoms with Crippen LogP contribution in [-0.4, -0.2) is 46.0 Å². The molecule has 6 nitrogen and oxygen atoms in total. The maximum Gasteiger partial charge on any atom is 0.330 e. The summed E-state index contributed by atoms with van der Waals surface area (Å²) in [5.74, 6) is 0.483. The van der Waals surface area contributed by atoms with Gasteiger partial charge < -0.3 is 18.6 Å². The minimum Gasteiger partial charge on any atom is -0.497 e. The molecule has 0 aliphatic carbocycles. The maximum atomic E-state index is 12.9. The van der Waals surface area contributed by atoms with Gasteiger partial charge in [0, 0.05) is 12.5 Å². The lowest BCUT2D eigenvalue weighted by molar-refractivity contribution is -0.137. The van der Waals surface area contributed by atoms with E-state index in [1.54, 1.807) is 26.2 Å². The highest BCUT2D eigenvalue weighted by molar-refractivity contribution is 6.77. The van der Waals surface area contributed by atoms with Crippen molar-refractivity contribution in [2.75, 3.05) is 13.7 Å². The van der Waals surface area contributed by atoms with Gasteiger partial charge in [0.1, 0.15) is 5.75 Å². The van der Waals surface area contributed by atoms with Gasteiger partial charge in [0.15, 0.2) is 5.78 Å². The van der Waals surface area contributed by atoms with Gasteiger partial charge in [-0.2, -0.15) is 0 Å². The van der Waals surface area contributed by atoms with Crippen LogP contribution < -0.4 is 4.74 Å². The molecule has 0 spiro atoms. The standard InChI is InChI=1S/C34H54O6Si/c1-10-12-17-32(39-25-29-19-22-31(37-9)23-20-29)33(40-41(26(3)4,27(5)6)28(7)8)24-21-30(35)16-14-13-15-18-34(36)38-11-2/h10,15,18-24,26-28,32-33H,1,11-14,16-17,25H2,2-9H3/b18-15+,24-21+/t32-,33-/m0/s1. The second-order valence-corrected chi connectivity index (χ2v) is 16.7. The highest BCUT2D eigenvalue weighted by atomic mass is 28.4. The molecule has 2 atom stereocenters. The van der Waals surface area contributed by atoms with Crippen LogP contribution in [0.5, 0.6) is 5.75 Å². The van der Waals surface area contributed by atoms with E-state index in [0.29, 0.717) is 49.1 Å². The van der Waals surface area contributed by atoms with E-state index in [1.165, 1.54) is 6.08 Å². The Balaban J connectivity index is 3.19. The first-order valence-electron chi connectivity index (χ1n) is 15.1. The fraction of sp³-hybridized carbons (Fsp3) is 0.588. The van der Waals surface area contributed by atoms with Crippen molar-refractivity contribution in [2.24, 2.45) is 0 Å². The number of ether oxygens (including phenoxy) is 3. The van der Waals surface area contributed by atoms with Crippen LogP contribution in [0.2, 0.25) is 16.6 Å². The number of benzene rings is 1. The second-order valence-electron chi connectivity index (χ2n) is 11.3. The summed E-state index contributed by atoms with van der Waals surface area (Å²) < 4.78 is 23.9. The molecule has 0 N–H and O–H groups in total. The fourth-order valence-electron chi connectivity index (χ4n) is 5.48. The molecule has 0 saturated heterocycles. The topological polar surface area (TPSA) is 71.1 Å². The summed E-state index contributed by atoms with van der Waals surface area (Å²) >= 11 is 0. The van der Waals surface area contributed by atoms with E-state index in [9.17, 15) is 9.59 Å². The highest BCUT2D eigenvalue weighted by Crippen LogP contribution is 2.43. The van der Waals surface area contributed by atoms with Gasteiger partial charge in [0.05, 0.1) is 32.5 Å². The largest absolute Gasteiger partial charge is 0.497 e. The van der Waals surface area contributed by atoms with Crippen LogP contribution in [-0.2, 0) is 30.1 Å². The molecular formula is C34H54O6Si. The number of unbranched alkanes of at least 4 members (excludes halogenated alkanes) is 1. The van der Waals surface area contributed by atoms with Gasteiger partial charge in [0.25, 0.3) is 0 Å². The molecule has 41 heavy (non-hydrogen) atoms. The summed E-state index contributed by atoms with van der Waals surface area (Å²) in [5, 5.41) is 0. The molecule has 230 valence electrons. The number of esters is 1. The molecular weight excluding hydrogens is 532 g/mol. The van der Waals surface area contributed by atoms with E-state index in [0.717, 1.165) is 24.2 Å². The SMILES string of the molecule is C=CCC[C@H](OCc1ccc(OC)cc1)[C@H](/C=C/C(=O)CCC/C=C/C(=O)OCC)O[Si](C(C)C)(C(C)C)C(C)C. The van der Waals surface area contributed by atoms with Crippen LogP contribution in [0.25, 0.3) is 0 Å². The Labute approximate surface area is 250 Å². The van der Waals surface area contributed by atoms with Gasteiger partial charge in [-0.15, -0.1) is 6.58 Å². The Morgan fingerprint density at radius 3 is 2.12 bits per heavy atom. The first kappa shape index (κ1) is 36.5. The smallest absolute Gasteiger partial charge is 0.330 e. The molecule has 1 aromatic rings. The number of carbonyl (C=O) groups is 2. The molecule has 0 heterocycles. The predicted molar refractivity (Wildman–Crippen MR) is 171 cm³/mol. The summed E-state index contributed by atoms with van der Waals surface area (Å²) in [6.07, 6.45) is 11.3. The number of hydrogen-bond donors (Lipinski definition) is 0. The summed E-state index contributed by atoms with van der Waals surface area (Å²) in [7, 11) is -0.623. The van der Waals surface area contributed by atoms with Crippen LogP contribution in [0, 0.1) is 0 Å². The first-order chi connectivity index (χ1) is 19.5. The summed E-state index contributed by atoms with van der Waals surface area (Å²) in [6.45, 7) is 20.1. The van der Waals surface area contributed by atoms with Gasteiger partial charge >= 0.3 is 5.97 Å². The van der Waals surface area contributed by atoms with Crippen molar-refractivity contribution >= 4 is 20.1 Å². The molecule has 0 amide bonds. The zero-order valence-electron chi connectivity index (χ0n) is 26.7. The van der Waals surface area contributed by atoms with Gasteiger partial charge in [-0.25, -0.2) is 4.79 Å². The zero-order valence-corrected chi connectivity index (χ0v) is 27.7. The first-order valence-corrected chi connectivity index (χ1v) is 17.2. The third-order valence-electron chi connectivity index (χ3n) is 7.50. The van der Waals surface area contributed by atoms with Gasteiger partial charge in [-0.05, 0) is 73.0 Å². The number of ketones is 1. The monoisotopic (exact) mass is 586 g/mol. The van der Waals surface area contributed by atoms with Gasteiger partial charge in [0.2, 0.25) is 8.32 Å². The van der Waals surface area contributed by atoms with Crippen LogP contribution in [0.3, 0.4) is 0 Å². The third kappa shape index (κ3) is 12.5. The Hall–Kier alpha value is -2.48. The summed E-state index contributed by atoms with van der Waals surface area (Å²) in [6, 6.07) is 7.87. The molecule has 0 bridgehead atoms. The maximum absolute atomic E-state index is 12.9. The third-order valence-corrected chi connectivity index (χ3v) is 13.6. The molecule has 0 saturated carbocycles. The quantitative estimate of drug-likeness (QED) is 0.0473. The van der Waals surface area contributed by atoms with E-state index in [4.69, 9.17) is 18.6 Å². The molecule has 7 heteroatoms. The van der Waals surface area contributed by atoms with E-state index < -0.39 is 8.32 Å². The van der Waals surface area contributed by atoms with Crippen molar-refractivity contribution in [2.45, 2.75) is 116 Å². The van der Waals surface area contributed by atoms with Gasteiger partial charge in [-0.1, -0.05) is 71.9 Å². The minimum atomic E-state index is -2.28. The number of carbonyl (C=O) groups excluding carboxylic acids is 2. The number of methoxy groups -OCH3 is 1. The van der Waals surface area contributed by atoms with Crippen LogP contribution in [0.1, 0.15) is 86.1 Å². The van der Waals surface area contributed by atoms with E-state index in [1.807, 2.05) is 36.4 Å². The van der Waals surface area contributed by atoms with Crippen LogP contribution in [0.15, 0.2) is 61.2 Å². The molecule has 0 aliphatic rings.